The van der Waals surface area contributed by atoms with E-state index in [0.717, 1.165) is 43.4 Å². The molecule has 4 saturated carbocycles. The van der Waals surface area contributed by atoms with Gasteiger partial charge in [0.25, 0.3) is 0 Å². The number of ether oxygens (including phenoxy) is 1. The highest BCUT2D eigenvalue weighted by molar-refractivity contribution is 5.78. The molecule has 4 bridgehead atoms. The first kappa shape index (κ1) is 12.5. The van der Waals surface area contributed by atoms with Crippen LogP contribution in [0.2, 0.25) is 0 Å². The summed E-state index contributed by atoms with van der Waals surface area (Å²) < 4.78 is 5.83. The second-order valence-electron chi connectivity index (χ2n) is 7.70. The Morgan fingerprint density at radius 1 is 1.11 bits per heavy atom. The van der Waals surface area contributed by atoms with Gasteiger partial charge >= 0.3 is 5.97 Å². The average Bonchev–Trinajstić information content (AvgIpc) is 2.26. The third kappa shape index (κ3) is 1.98. The van der Waals surface area contributed by atoms with E-state index >= 15 is 0 Å². The van der Waals surface area contributed by atoms with Crippen molar-refractivity contribution in [3.05, 3.63) is 0 Å². The number of carbonyl (C=O) groups excluding carboxylic acids is 1. The van der Waals surface area contributed by atoms with Gasteiger partial charge in [0, 0.05) is 0 Å². The summed E-state index contributed by atoms with van der Waals surface area (Å²) in [5, 5.41) is 0. The minimum absolute atomic E-state index is 0.0960. The fraction of sp³-hybridized carbons (Fsp3) is 0.938. The molecule has 0 amide bonds. The normalized spacial score (nSPS) is 42.1. The molecule has 0 aromatic carbocycles. The van der Waals surface area contributed by atoms with Gasteiger partial charge in [-0.15, -0.1) is 0 Å². The molecular formula is C16H26O2. The first-order valence-corrected chi connectivity index (χ1v) is 7.66. The Bertz CT molecular complexity index is 321. The Balaban J connectivity index is 1.77. The summed E-state index contributed by atoms with van der Waals surface area (Å²) in [6.45, 7) is 6.16. The molecule has 0 saturated heterocycles. The predicted molar refractivity (Wildman–Crippen MR) is 71.1 cm³/mol. The third-order valence-electron chi connectivity index (χ3n) is 5.69. The summed E-state index contributed by atoms with van der Waals surface area (Å²) >= 11 is 0. The first-order valence-electron chi connectivity index (χ1n) is 7.66. The first-order chi connectivity index (χ1) is 8.42. The molecule has 4 rings (SSSR count). The van der Waals surface area contributed by atoms with Crippen LogP contribution in [0.25, 0.3) is 0 Å². The Morgan fingerprint density at radius 2 is 1.56 bits per heavy atom. The van der Waals surface area contributed by atoms with E-state index < -0.39 is 0 Å². The molecule has 0 radical (unpaired) electrons. The summed E-state index contributed by atoms with van der Waals surface area (Å²) in [6.07, 6.45) is 8.36. The lowest BCUT2D eigenvalue weighted by Gasteiger charge is -2.55. The lowest BCUT2D eigenvalue weighted by molar-refractivity contribution is -0.184. The van der Waals surface area contributed by atoms with Gasteiger partial charge in [0.1, 0.15) is 5.60 Å². The molecule has 0 aromatic heterocycles. The number of hydrogen-bond donors (Lipinski definition) is 0. The molecule has 2 nitrogen and oxygen atoms in total. The Labute approximate surface area is 110 Å². The summed E-state index contributed by atoms with van der Waals surface area (Å²) in [6, 6.07) is 0. The molecule has 4 fully saturated rings. The fourth-order valence-corrected chi connectivity index (χ4v) is 4.79. The van der Waals surface area contributed by atoms with E-state index in [4.69, 9.17) is 4.74 Å². The second kappa shape index (κ2) is 3.98. The summed E-state index contributed by atoms with van der Waals surface area (Å²) in [4.78, 5) is 12.6. The highest BCUT2D eigenvalue weighted by Gasteiger charge is 2.56. The van der Waals surface area contributed by atoms with Crippen LogP contribution in [-0.2, 0) is 9.53 Å². The largest absolute Gasteiger partial charge is 0.459 e. The third-order valence-corrected chi connectivity index (χ3v) is 5.69. The van der Waals surface area contributed by atoms with Crippen molar-refractivity contribution >= 4 is 5.97 Å². The van der Waals surface area contributed by atoms with E-state index in [1.165, 1.54) is 19.3 Å². The lowest BCUT2D eigenvalue weighted by atomic mass is 9.49. The van der Waals surface area contributed by atoms with Gasteiger partial charge in [-0.2, -0.15) is 0 Å². The second-order valence-corrected chi connectivity index (χ2v) is 7.70. The van der Waals surface area contributed by atoms with Crippen LogP contribution in [0.5, 0.6) is 0 Å². The maximum atomic E-state index is 12.6. The summed E-state index contributed by atoms with van der Waals surface area (Å²) in [5.41, 5.74) is -0.387. The molecule has 0 unspecified atom stereocenters. The zero-order chi connectivity index (χ0) is 13.0. The molecule has 0 aliphatic heterocycles. The van der Waals surface area contributed by atoms with Crippen LogP contribution < -0.4 is 0 Å². The number of hydrogen-bond acceptors (Lipinski definition) is 2. The molecule has 18 heavy (non-hydrogen) atoms. The van der Waals surface area contributed by atoms with Crippen LogP contribution in [-0.4, -0.2) is 11.6 Å². The van der Waals surface area contributed by atoms with Gasteiger partial charge in [0.2, 0.25) is 0 Å². The molecule has 102 valence electrons. The predicted octanol–water partition coefficient (Wildman–Crippen LogP) is 3.93. The SMILES string of the molecule is CCC(C)(C)OC(=O)C12CC3CC(CC(C3)C1)C2. The Hall–Kier alpha value is -0.530. The van der Waals surface area contributed by atoms with Gasteiger partial charge in [-0.1, -0.05) is 6.92 Å². The van der Waals surface area contributed by atoms with Crippen LogP contribution in [0.4, 0.5) is 0 Å². The molecule has 4 aliphatic rings. The molecule has 0 heterocycles. The van der Waals surface area contributed by atoms with Crippen molar-refractivity contribution in [2.24, 2.45) is 23.2 Å². The van der Waals surface area contributed by atoms with Crippen molar-refractivity contribution in [1.82, 2.24) is 0 Å². The molecule has 0 aromatic rings. The van der Waals surface area contributed by atoms with Crippen molar-refractivity contribution in [3.63, 3.8) is 0 Å². The maximum Gasteiger partial charge on any atom is 0.312 e. The van der Waals surface area contributed by atoms with Crippen molar-refractivity contribution in [2.75, 3.05) is 0 Å². The smallest absolute Gasteiger partial charge is 0.312 e. The molecule has 0 atom stereocenters. The number of esters is 1. The summed E-state index contributed by atoms with van der Waals surface area (Å²) in [7, 11) is 0. The molecule has 0 N–H and O–H groups in total. The average molecular weight is 250 g/mol. The van der Waals surface area contributed by atoms with E-state index in [9.17, 15) is 4.79 Å². The summed E-state index contributed by atoms with van der Waals surface area (Å²) in [5.74, 6) is 2.56. The van der Waals surface area contributed by atoms with E-state index in [1.54, 1.807) is 0 Å². The molecule has 0 spiro atoms. The van der Waals surface area contributed by atoms with E-state index in [2.05, 4.69) is 6.92 Å². The van der Waals surface area contributed by atoms with E-state index in [1.807, 2.05) is 13.8 Å². The van der Waals surface area contributed by atoms with Gasteiger partial charge in [0.05, 0.1) is 5.41 Å². The minimum atomic E-state index is -0.291. The van der Waals surface area contributed by atoms with Crippen LogP contribution in [0, 0.1) is 23.2 Å². The minimum Gasteiger partial charge on any atom is -0.459 e. The highest BCUT2D eigenvalue weighted by Crippen LogP contribution is 2.60. The van der Waals surface area contributed by atoms with Crippen molar-refractivity contribution in [2.45, 2.75) is 71.3 Å². The molecular weight excluding hydrogens is 224 g/mol. The quantitative estimate of drug-likeness (QED) is 0.709. The van der Waals surface area contributed by atoms with Gasteiger partial charge in [0.15, 0.2) is 0 Å². The van der Waals surface area contributed by atoms with Crippen molar-refractivity contribution in [3.8, 4) is 0 Å². The van der Waals surface area contributed by atoms with E-state index in [-0.39, 0.29) is 17.0 Å². The van der Waals surface area contributed by atoms with Crippen molar-refractivity contribution < 1.29 is 9.53 Å². The van der Waals surface area contributed by atoms with Crippen LogP contribution in [0.15, 0.2) is 0 Å². The number of carbonyl (C=O) groups is 1. The van der Waals surface area contributed by atoms with Gasteiger partial charge in [-0.05, 0) is 76.5 Å². The van der Waals surface area contributed by atoms with Gasteiger partial charge in [-0.3, -0.25) is 4.79 Å². The zero-order valence-corrected chi connectivity index (χ0v) is 12.0. The molecule has 4 aliphatic carbocycles. The lowest BCUT2D eigenvalue weighted by Crippen LogP contribution is -2.51. The van der Waals surface area contributed by atoms with E-state index in [0.29, 0.717) is 0 Å². The number of rotatable bonds is 3. The Kier molecular flexibility index (Phi) is 2.76. The maximum absolute atomic E-state index is 12.6. The van der Waals surface area contributed by atoms with Crippen LogP contribution >= 0.6 is 0 Å². The molecule has 2 heteroatoms. The zero-order valence-electron chi connectivity index (χ0n) is 12.0. The van der Waals surface area contributed by atoms with Crippen LogP contribution in [0.3, 0.4) is 0 Å². The van der Waals surface area contributed by atoms with Gasteiger partial charge in [-0.25, -0.2) is 0 Å². The Morgan fingerprint density at radius 3 is 1.94 bits per heavy atom. The fourth-order valence-electron chi connectivity index (χ4n) is 4.79. The van der Waals surface area contributed by atoms with Crippen molar-refractivity contribution in [1.29, 1.82) is 0 Å². The monoisotopic (exact) mass is 250 g/mol. The standard InChI is InChI=1S/C16H26O2/c1-4-15(2,3)18-14(17)16-8-11-5-12(9-16)7-13(6-11)10-16/h11-13H,4-10H2,1-3H3. The highest BCUT2D eigenvalue weighted by atomic mass is 16.6. The van der Waals surface area contributed by atoms with Gasteiger partial charge < -0.3 is 4.74 Å². The van der Waals surface area contributed by atoms with Crippen LogP contribution in [0.1, 0.15) is 65.7 Å². The topological polar surface area (TPSA) is 26.3 Å².